The molecule has 1 heterocycles. The van der Waals surface area contributed by atoms with Crippen molar-refractivity contribution in [3.63, 3.8) is 0 Å². The summed E-state index contributed by atoms with van der Waals surface area (Å²) >= 11 is 0. The Morgan fingerprint density at radius 1 is 1.41 bits per heavy atom. The normalized spacial score (nSPS) is 18.1. The number of nitrogens with zero attached hydrogens (tertiary/aromatic N) is 2. The van der Waals surface area contributed by atoms with Crippen molar-refractivity contribution in [1.82, 2.24) is 15.1 Å². The molecule has 1 aromatic heterocycles. The van der Waals surface area contributed by atoms with Crippen LogP contribution in [0.15, 0.2) is 0 Å². The van der Waals surface area contributed by atoms with Crippen molar-refractivity contribution in [2.24, 2.45) is 0 Å². The van der Waals surface area contributed by atoms with Gasteiger partial charge in [0.05, 0.1) is 18.8 Å². The van der Waals surface area contributed by atoms with E-state index in [1.807, 2.05) is 11.6 Å². The molecule has 4 nitrogen and oxygen atoms in total. The van der Waals surface area contributed by atoms with Crippen LogP contribution in [0.25, 0.3) is 0 Å². The maximum Gasteiger partial charge on any atom is 0.0644 e. The minimum absolute atomic E-state index is 0.145. The van der Waals surface area contributed by atoms with Gasteiger partial charge in [-0.1, -0.05) is 0 Å². The van der Waals surface area contributed by atoms with Crippen LogP contribution in [-0.2, 0) is 13.1 Å². The molecule has 1 aliphatic rings. The van der Waals surface area contributed by atoms with Crippen molar-refractivity contribution in [2.45, 2.75) is 58.7 Å². The quantitative estimate of drug-likeness (QED) is 0.816. The molecule has 1 fully saturated rings. The average Bonchev–Trinajstić information content (AvgIpc) is 2.50. The van der Waals surface area contributed by atoms with E-state index in [0.29, 0.717) is 12.1 Å². The van der Waals surface area contributed by atoms with Crippen molar-refractivity contribution in [1.29, 1.82) is 0 Å². The lowest BCUT2D eigenvalue weighted by Crippen LogP contribution is -2.47. The zero-order chi connectivity index (χ0) is 12.5. The SMILES string of the molecule is Cc1nn(CCO)c(C)c1CNC1(C)CCC1. The number of aliphatic hydroxyl groups excluding tert-OH is 1. The lowest BCUT2D eigenvalue weighted by Gasteiger charge is -2.39. The Labute approximate surface area is 103 Å². The van der Waals surface area contributed by atoms with E-state index in [9.17, 15) is 0 Å². The molecule has 0 spiro atoms. The Morgan fingerprint density at radius 3 is 2.65 bits per heavy atom. The molecule has 2 N–H and O–H groups in total. The molecule has 0 unspecified atom stereocenters. The van der Waals surface area contributed by atoms with Gasteiger partial charge in [-0.15, -0.1) is 0 Å². The summed E-state index contributed by atoms with van der Waals surface area (Å²) < 4.78 is 1.90. The topological polar surface area (TPSA) is 50.1 Å². The fraction of sp³-hybridized carbons (Fsp3) is 0.769. The predicted octanol–water partition coefficient (Wildman–Crippen LogP) is 1.52. The van der Waals surface area contributed by atoms with E-state index in [2.05, 4.69) is 24.3 Å². The highest BCUT2D eigenvalue weighted by Gasteiger charge is 2.31. The number of hydrogen-bond acceptors (Lipinski definition) is 3. The molecule has 0 saturated heterocycles. The summed E-state index contributed by atoms with van der Waals surface area (Å²) in [5.74, 6) is 0. The van der Waals surface area contributed by atoms with E-state index in [0.717, 1.165) is 12.2 Å². The molecule has 0 radical (unpaired) electrons. The van der Waals surface area contributed by atoms with Crippen LogP contribution in [0.2, 0.25) is 0 Å². The first-order chi connectivity index (χ1) is 8.06. The lowest BCUT2D eigenvalue weighted by atomic mass is 9.78. The van der Waals surface area contributed by atoms with E-state index < -0.39 is 0 Å². The fourth-order valence-electron chi connectivity index (χ4n) is 2.49. The lowest BCUT2D eigenvalue weighted by molar-refractivity contribution is 0.206. The molecule has 4 heteroatoms. The summed E-state index contributed by atoms with van der Waals surface area (Å²) in [4.78, 5) is 0. The third-order valence-corrected chi connectivity index (χ3v) is 3.99. The van der Waals surface area contributed by atoms with Crippen molar-refractivity contribution < 1.29 is 5.11 Å². The second kappa shape index (κ2) is 4.78. The molecular weight excluding hydrogens is 214 g/mol. The first-order valence-corrected chi connectivity index (χ1v) is 6.44. The number of aromatic nitrogens is 2. The number of aryl methyl sites for hydroxylation is 1. The van der Waals surface area contributed by atoms with Gasteiger partial charge in [0.1, 0.15) is 0 Å². The summed E-state index contributed by atoms with van der Waals surface area (Å²) in [5.41, 5.74) is 3.86. The maximum absolute atomic E-state index is 8.97. The van der Waals surface area contributed by atoms with Crippen molar-refractivity contribution in [2.75, 3.05) is 6.61 Å². The average molecular weight is 237 g/mol. The van der Waals surface area contributed by atoms with Crippen LogP contribution in [0, 0.1) is 13.8 Å². The van der Waals surface area contributed by atoms with Gasteiger partial charge in [0, 0.05) is 23.3 Å². The van der Waals surface area contributed by atoms with Crippen molar-refractivity contribution in [3.05, 3.63) is 17.0 Å². The van der Waals surface area contributed by atoms with Gasteiger partial charge in [-0.2, -0.15) is 5.10 Å². The van der Waals surface area contributed by atoms with Gasteiger partial charge in [0.15, 0.2) is 0 Å². The molecule has 1 aromatic rings. The molecule has 0 aliphatic heterocycles. The summed E-state index contributed by atoms with van der Waals surface area (Å²) in [7, 11) is 0. The van der Waals surface area contributed by atoms with E-state index in [-0.39, 0.29) is 6.61 Å². The van der Waals surface area contributed by atoms with Gasteiger partial charge in [-0.3, -0.25) is 4.68 Å². The highest BCUT2D eigenvalue weighted by molar-refractivity contribution is 5.24. The molecule has 0 aromatic carbocycles. The Bertz CT molecular complexity index is 394. The monoisotopic (exact) mass is 237 g/mol. The van der Waals surface area contributed by atoms with Crippen molar-refractivity contribution >= 4 is 0 Å². The molecule has 0 atom stereocenters. The number of hydrogen-bond donors (Lipinski definition) is 2. The zero-order valence-electron chi connectivity index (χ0n) is 11.1. The minimum Gasteiger partial charge on any atom is -0.394 e. The number of nitrogens with one attached hydrogen (secondary N) is 1. The van der Waals surface area contributed by atoms with Crippen LogP contribution < -0.4 is 5.32 Å². The smallest absolute Gasteiger partial charge is 0.0644 e. The zero-order valence-corrected chi connectivity index (χ0v) is 11.1. The first kappa shape index (κ1) is 12.6. The fourth-order valence-corrected chi connectivity index (χ4v) is 2.49. The molecule has 96 valence electrons. The van der Waals surface area contributed by atoms with Crippen molar-refractivity contribution in [3.8, 4) is 0 Å². The van der Waals surface area contributed by atoms with Crippen LogP contribution in [0.4, 0.5) is 0 Å². The molecule has 17 heavy (non-hydrogen) atoms. The van der Waals surface area contributed by atoms with E-state index in [1.54, 1.807) is 0 Å². The molecule has 0 amide bonds. The first-order valence-electron chi connectivity index (χ1n) is 6.44. The summed E-state index contributed by atoms with van der Waals surface area (Å²) in [5, 5.41) is 17.1. The maximum atomic E-state index is 8.97. The molecule has 2 rings (SSSR count). The third-order valence-electron chi connectivity index (χ3n) is 3.99. The molecule has 0 bridgehead atoms. The summed E-state index contributed by atoms with van der Waals surface area (Å²) in [6.45, 7) is 8.03. The predicted molar refractivity (Wildman–Crippen MR) is 67.9 cm³/mol. The number of aliphatic hydroxyl groups is 1. The Hall–Kier alpha value is -0.870. The molecular formula is C13H23N3O. The van der Waals surface area contributed by atoms with Gasteiger partial charge in [0.25, 0.3) is 0 Å². The van der Waals surface area contributed by atoms with E-state index in [4.69, 9.17) is 5.11 Å². The highest BCUT2D eigenvalue weighted by Crippen LogP contribution is 2.31. The van der Waals surface area contributed by atoms with E-state index >= 15 is 0 Å². The third kappa shape index (κ3) is 2.53. The van der Waals surface area contributed by atoms with Crippen LogP contribution in [0.5, 0.6) is 0 Å². The van der Waals surface area contributed by atoms with Gasteiger partial charge in [-0.05, 0) is 40.0 Å². The Kier molecular flexibility index (Phi) is 3.54. The van der Waals surface area contributed by atoms with Gasteiger partial charge < -0.3 is 10.4 Å². The summed E-state index contributed by atoms with van der Waals surface area (Å²) in [6.07, 6.45) is 3.89. The van der Waals surface area contributed by atoms with Gasteiger partial charge >= 0.3 is 0 Å². The van der Waals surface area contributed by atoms with Gasteiger partial charge in [-0.25, -0.2) is 0 Å². The standard InChI is InChI=1S/C13H23N3O/c1-10-12(9-14-13(3)5-4-6-13)11(2)16(15-10)7-8-17/h14,17H,4-9H2,1-3H3. The van der Waals surface area contributed by atoms with Crippen LogP contribution in [0.1, 0.15) is 43.1 Å². The second-order valence-electron chi connectivity index (χ2n) is 5.36. The highest BCUT2D eigenvalue weighted by atomic mass is 16.3. The van der Waals surface area contributed by atoms with E-state index in [1.165, 1.54) is 30.5 Å². The Balaban J connectivity index is 2.04. The largest absolute Gasteiger partial charge is 0.394 e. The minimum atomic E-state index is 0.145. The second-order valence-corrected chi connectivity index (χ2v) is 5.36. The van der Waals surface area contributed by atoms with Crippen LogP contribution in [0.3, 0.4) is 0 Å². The van der Waals surface area contributed by atoms with Crippen LogP contribution in [-0.4, -0.2) is 27.0 Å². The summed E-state index contributed by atoms with van der Waals surface area (Å²) in [6, 6.07) is 0. The number of rotatable bonds is 5. The van der Waals surface area contributed by atoms with Crippen LogP contribution >= 0.6 is 0 Å². The Morgan fingerprint density at radius 2 is 2.12 bits per heavy atom. The van der Waals surface area contributed by atoms with Gasteiger partial charge in [0.2, 0.25) is 0 Å². The molecule has 1 saturated carbocycles. The molecule has 1 aliphatic carbocycles.